The van der Waals surface area contributed by atoms with Gasteiger partial charge in [-0.3, -0.25) is 76.5 Å². The summed E-state index contributed by atoms with van der Waals surface area (Å²) in [6.45, 7) is 87.1. The van der Waals surface area contributed by atoms with Gasteiger partial charge in [0.2, 0.25) is 0 Å². The average Bonchev–Trinajstić information content (AvgIpc) is 1.74. The van der Waals surface area contributed by atoms with Gasteiger partial charge in [-0.1, -0.05) is 305 Å². The van der Waals surface area contributed by atoms with Gasteiger partial charge in [-0.2, -0.15) is 0 Å². The van der Waals surface area contributed by atoms with E-state index in [1.807, 2.05) is 216 Å². The zero-order valence-corrected chi connectivity index (χ0v) is 99.4. The zero-order chi connectivity index (χ0) is 113. The van der Waals surface area contributed by atoms with Gasteiger partial charge in [-0.25, -0.2) is 4.68 Å². The predicted octanol–water partition coefficient (Wildman–Crippen LogP) is 23.6. The standard InChI is InChI=1S/C14H28O3.C13H26O2.C12H19N3O2.2C12H21N3O.C12H22O4.C12H22O3.C11H22O.C9H16O2.C9H18O/c1-12(2)6-5-8-16-10-11-17-9-7-14(15)13(3)4;1-11(2)7-5-9-15-10-6-8-13(14)12(3)4;1-8(2)11(16)5-10-6-15(14-13-10)7-12(17)9(3)4;2*1-9(2)5-6-15-8-11(13-14-15)7-12(16)10(3)4;1-9(2)11(13)7-15-5-6-16-8-12(14)10(3)4;1-9(2)11(13)5-7-15-8-6-12(14)10(3)4;1-9(2)7-5-6-8-11(12)10(3)4;1-6(2)8(10)5-9(11)7(3)4;1-7(2)5-6-9(10)8(3)4/h12-13H,5-11H2,1-4H3;11-12H,5-10H2,1-4H3;6,8-9H,5,7H2,1-4H3;2*8-10H,5-7H2,1-4H3;9-10H,5-8H2,1-4H3;9-10H,5-8H2,1-4H3;9-10H,5-8H2,1-4H3;6-7H,5H2,1-4H3;7-8H,5-6H2,1-4H3. The molecule has 0 unspecified atom stereocenters. The number of ketones is 14. The number of aryl methyl sites for hydroxylation is 2. The molecule has 0 aliphatic carbocycles. The average molecular weight is 2060 g/mol. The molecule has 0 bridgehead atoms. The number of Topliss-reactive ketones (excluding diaryl/α,β-unsaturated/α-hetero) is 14. The van der Waals surface area contributed by atoms with Crippen molar-refractivity contribution in [2.75, 3.05) is 79.3 Å². The number of nitrogens with zero attached hydrogens (tertiary/aromatic N) is 9. The minimum Gasteiger partial charge on any atom is -0.381 e. The highest BCUT2D eigenvalue weighted by molar-refractivity contribution is 6.00. The maximum Gasteiger partial charge on any atom is 0.160 e. The molecule has 29 heteroatoms. The smallest absolute Gasteiger partial charge is 0.160 e. The summed E-state index contributed by atoms with van der Waals surface area (Å²) in [5.41, 5.74) is 2.19. The molecule has 145 heavy (non-hydrogen) atoms. The summed E-state index contributed by atoms with van der Waals surface area (Å²) < 4.78 is 36.8. The van der Waals surface area contributed by atoms with E-state index in [1.165, 1.54) is 30.4 Å². The molecule has 29 nitrogen and oxygen atoms in total. The first-order valence-electron chi connectivity index (χ1n) is 54.9. The second kappa shape index (κ2) is 93.8. The van der Waals surface area contributed by atoms with E-state index in [-0.39, 0.29) is 179 Å². The van der Waals surface area contributed by atoms with E-state index in [0.717, 1.165) is 120 Å². The Balaban J connectivity index is -0.000000293. The van der Waals surface area contributed by atoms with Crippen LogP contribution in [0.15, 0.2) is 18.6 Å². The quantitative estimate of drug-likeness (QED) is 0.0374. The van der Waals surface area contributed by atoms with E-state index in [0.29, 0.717) is 126 Å². The molecule has 0 aliphatic heterocycles. The van der Waals surface area contributed by atoms with Gasteiger partial charge in [-0.15, -0.1) is 15.3 Å². The van der Waals surface area contributed by atoms with Crippen LogP contribution in [0.1, 0.15) is 410 Å². The lowest BCUT2D eigenvalue weighted by atomic mass is 9.98. The van der Waals surface area contributed by atoms with Crippen LogP contribution < -0.4 is 0 Å². The van der Waals surface area contributed by atoms with Gasteiger partial charge in [0.15, 0.2) is 17.3 Å². The Bertz CT molecular complexity index is 3680. The van der Waals surface area contributed by atoms with Crippen molar-refractivity contribution in [3.8, 4) is 0 Å². The Kier molecular flexibility index (Phi) is 97.4. The number of carbonyl (C=O) groups is 14. The van der Waals surface area contributed by atoms with Crippen molar-refractivity contribution >= 4 is 81.0 Å². The third-order valence-electron chi connectivity index (χ3n) is 22.4. The summed E-state index contributed by atoms with van der Waals surface area (Å²) in [5.74, 6) is 8.02. The first kappa shape index (κ1) is 150. The Morgan fingerprint density at radius 1 is 0.207 bits per heavy atom. The van der Waals surface area contributed by atoms with Crippen LogP contribution >= 0.6 is 0 Å². The monoisotopic (exact) mass is 2050 g/mol. The van der Waals surface area contributed by atoms with Gasteiger partial charge in [0.05, 0.1) is 89.0 Å². The van der Waals surface area contributed by atoms with Crippen molar-refractivity contribution in [2.45, 2.75) is 431 Å². The highest BCUT2D eigenvalue weighted by Gasteiger charge is 2.20. The van der Waals surface area contributed by atoms with E-state index >= 15 is 0 Å². The Hall–Kier alpha value is -7.44. The lowest BCUT2D eigenvalue weighted by Crippen LogP contribution is -2.19. The molecule has 0 aromatic carbocycles. The molecule has 0 N–H and O–H groups in total. The molecule has 0 atom stereocenters. The third kappa shape index (κ3) is 101. The van der Waals surface area contributed by atoms with Crippen LogP contribution in [0, 0.1) is 118 Å². The van der Waals surface area contributed by atoms with Crippen molar-refractivity contribution in [1.82, 2.24) is 45.0 Å². The molecule has 0 saturated carbocycles. The van der Waals surface area contributed by atoms with Crippen molar-refractivity contribution in [3.05, 3.63) is 35.7 Å². The molecule has 3 aromatic heterocycles. The fourth-order valence-electron chi connectivity index (χ4n) is 10.8. The number of unbranched alkanes of at least 4 members (excludes halogenated alkanes) is 1. The number of aromatic nitrogens is 9. The van der Waals surface area contributed by atoms with Gasteiger partial charge in [0.25, 0.3) is 0 Å². The number of hydrogen-bond acceptors (Lipinski definition) is 26. The minimum atomic E-state index is -0.0160. The van der Waals surface area contributed by atoms with Crippen LogP contribution in [0.2, 0.25) is 0 Å². The number of ether oxygens (including phenoxy) is 6. The maximum absolute atomic E-state index is 11.5. The summed E-state index contributed by atoms with van der Waals surface area (Å²) in [4.78, 5) is 158. The van der Waals surface area contributed by atoms with Gasteiger partial charge in [0.1, 0.15) is 83.4 Å². The van der Waals surface area contributed by atoms with Crippen molar-refractivity contribution in [2.24, 2.45) is 118 Å². The van der Waals surface area contributed by atoms with Gasteiger partial charge < -0.3 is 28.4 Å². The normalized spacial score (nSPS) is 11.2. The van der Waals surface area contributed by atoms with E-state index in [1.54, 1.807) is 6.20 Å². The Morgan fingerprint density at radius 3 is 0.724 bits per heavy atom. The van der Waals surface area contributed by atoms with E-state index in [9.17, 15) is 67.1 Å². The maximum atomic E-state index is 11.5. The number of hydrogen-bond donors (Lipinski definition) is 0. The lowest BCUT2D eigenvalue weighted by Gasteiger charge is -2.07. The number of carbonyl (C=O) groups excluding carboxylic acids is 14. The highest BCUT2D eigenvalue weighted by Crippen LogP contribution is 2.16. The molecule has 0 radical (unpaired) electrons. The fraction of sp³-hybridized carbons (Fsp3) is 0.828. The zero-order valence-electron chi connectivity index (χ0n) is 99.4. The summed E-state index contributed by atoms with van der Waals surface area (Å²) >= 11 is 0. The van der Waals surface area contributed by atoms with Crippen molar-refractivity contribution in [1.29, 1.82) is 0 Å². The SMILES string of the molecule is CC(C)C(=O)CC(=O)C(C)C.CC(C)C(=O)CCOCCC(=O)C(C)C.CC(C)C(=O)COCCOCC(=O)C(C)C.CC(C)C(=O)Cc1cn(CC(=O)C(C)C)nn1.CC(C)CCC(=O)C(C)C.CC(C)CCCCC(=O)C(C)C.CC(C)CCCOCCCC(=O)C(C)C.CC(C)CCCOCCOCCC(=O)C(C)C.CC(C)CCn1cc(CC(=O)C(C)C)nn1.CC(C)CCn1cc(CC(=O)C(C)C)nn1. The van der Waals surface area contributed by atoms with Gasteiger partial charge in [-0.05, 0) is 93.3 Å². The topological polar surface area (TPSA) is 386 Å². The molecule has 3 heterocycles. The second-order valence-corrected chi connectivity index (χ2v) is 44.7. The molecule has 0 fully saturated rings. The van der Waals surface area contributed by atoms with Gasteiger partial charge >= 0.3 is 0 Å². The molecule has 0 aliphatic rings. The summed E-state index contributed by atoms with van der Waals surface area (Å²) in [5, 5.41) is 23.8. The van der Waals surface area contributed by atoms with Crippen LogP contribution in [-0.4, -0.2) is 205 Å². The Labute approximate surface area is 881 Å². The lowest BCUT2D eigenvalue weighted by molar-refractivity contribution is -0.131. The molecule has 0 spiro atoms. The van der Waals surface area contributed by atoms with Crippen molar-refractivity contribution in [3.63, 3.8) is 0 Å². The molecule has 0 amide bonds. The van der Waals surface area contributed by atoms with E-state index in [2.05, 4.69) is 114 Å². The van der Waals surface area contributed by atoms with Crippen molar-refractivity contribution < 1.29 is 95.5 Å². The first-order chi connectivity index (χ1) is 67.4. The molecular weight excluding hydrogens is 1840 g/mol. The van der Waals surface area contributed by atoms with Crippen LogP contribution in [0.3, 0.4) is 0 Å². The molecule has 3 rings (SSSR count). The number of rotatable bonds is 69. The fourth-order valence-corrected chi connectivity index (χ4v) is 10.8. The van der Waals surface area contributed by atoms with E-state index in [4.69, 9.17) is 28.4 Å². The molecular formula is C116H215N9O20. The molecule has 844 valence electrons. The molecule has 3 aromatic rings. The Morgan fingerprint density at radius 2 is 0.434 bits per heavy atom. The van der Waals surface area contributed by atoms with Crippen LogP contribution in [0.25, 0.3) is 0 Å². The van der Waals surface area contributed by atoms with Crippen LogP contribution in [0.5, 0.6) is 0 Å². The first-order valence-corrected chi connectivity index (χ1v) is 54.9. The summed E-state index contributed by atoms with van der Waals surface area (Å²) in [6, 6.07) is 0. The third-order valence-corrected chi connectivity index (χ3v) is 22.4. The summed E-state index contributed by atoms with van der Waals surface area (Å²) in [7, 11) is 0. The largest absolute Gasteiger partial charge is 0.381 e. The highest BCUT2D eigenvalue weighted by atomic mass is 16.5. The minimum absolute atomic E-state index is 0.00236. The van der Waals surface area contributed by atoms with Gasteiger partial charge in [0, 0.05) is 173 Å². The molecule has 0 saturated heterocycles. The summed E-state index contributed by atoms with van der Waals surface area (Å²) in [6.07, 6.45) is 22.6. The van der Waals surface area contributed by atoms with E-state index < -0.39 is 0 Å². The van der Waals surface area contributed by atoms with Crippen LogP contribution in [0.4, 0.5) is 0 Å². The predicted molar refractivity (Wildman–Crippen MR) is 586 cm³/mol. The van der Waals surface area contributed by atoms with Crippen LogP contribution in [-0.2, 0) is 134 Å². The second-order valence-electron chi connectivity index (χ2n) is 44.7.